The van der Waals surface area contributed by atoms with Gasteiger partial charge in [-0.3, -0.25) is 4.98 Å². The number of hydrogen-bond donors (Lipinski definition) is 1. The van der Waals surface area contributed by atoms with Gasteiger partial charge in [-0.05, 0) is 56.0 Å². The van der Waals surface area contributed by atoms with Gasteiger partial charge in [-0.25, -0.2) is 0 Å². The average molecular weight is 289 g/mol. The minimum absolute atomic E-state index is 0.501. The van der Waals surface area contributed by atoms with Crippen molar-refractivity contribution in [2.45, 2.75) is 45.4 Å². The molecule has 0 amide bonds. The maximum atomic E-state index is 4.09. The molecule has 3 nitrogen and oxygen atoms in total. The second-order valence-electron chi connectivity index (χ2n) is 6.68. The third-order valence-corrected chi connectivity index (χ3v) is 4.80. The first-order valence-corrected chi connectivity index (χ1v) is 8.52. The summed E-state index contributed by atoms with van der Waals surface area (Å²) in [7, 11) is 2.28. The monoisotopic (exact) mass is 289 g/mol. The number of nitrogens with one attached hydrogen (secondary N) is 1. The van der Waals surface area contributed by atoms with E-state index in [9.17, 15) is 0 Å². The molecule has 0 aliphatic heterocycles. The summed E-state index contributed by atoms with van der Waals surface area (Å²) >= 11 is 0. The highest BCUT2D eigenvalue weighted by Crippen LogP contribution is 2.36. The molecule has 0 bridgehead atoms. The zero-order chi connectivity index (χ0) is 15.0. The van der Waals surface area contributed by atoms with E-state index in [0.717, 1.165) is 19.5 Å². The molecule has 0 saturated heterocycles. The van der Waals surface area contributed by atoms with E-state index in [0.29, 0.717) is 5.41 Å². The molecule has 3 heteroatoms. The molecule has 21 heavy (non-hydrogen) atoms. The highest BCUT2D eigenvalue weighted by Gasteiger charge is 2.32. The van der Waals surface area contributed by atoms with E-state index in [1.165, 1.54) is 50.8 Å². The molecule has 1 aliphatic rings. The van der Waals surface area contributed by atoms with Gasteiger partial charge >= 0.3 is 0 Å². The first kappa shape index (κ1) is 16.4. The van der Waals surface area contributed by atoms with Gasteiger partial charge in [0.15, 0.2) is 0 Å². The van der Waals surface area contributed by atoms with Crippen LogP contribution >= 0.6 is 0 Å². The fraction of sp³-hybridized carbons (Fsp3) is 0.722. The van der Waals surface area contributed by atoms with E-state index < -0.39 is 0 Å². The molecular formula is C18H31N3. The third-order valence-electron chi connectivity index (χ3n) is 4.80. The zero-order valence-electron chi connectivity index (χ0n) is 13.8. The Labute approximate surface area is 130 Å². The quantitative estimate of drug-likeness (QED) is 0.797. The Morgan fingerprint density at radius 2 is 1.90 bits per heavy atom. The summed E-state index contributed by atoms with van der Waals surface area (Å²) in [4.78, 5) is 6.62. The number of aromatic nitrogens is 1. The predicted molar refractivity (Wildman–Crippen MR) is 89.5 cm³/mol. The van der Waals surface area contributed by atoms with Crippen molar-refractivity contribution in [2.24, 2.45) is 5.41 Å². The highest BCUT2D eigenvalue weighted by molar-refractivity contribution is 5.09. The Kier molecular flexibility index (Phi) is 6.65. The summed E-state index contributed by atoms with van der Waals surface area (Å²) in [5, 5.41) is 3.60. The summed E-state index contributed by atoms with van der Waals surface area (Å²) in [6, 6.07) is 4.26. The van der Waals surface area contributed by atoms with Gasteiger partial charge in [0, 0.05) is 32.0 Å². The van der Waals surface area contributed by atoms with E-state index in [1.54, 1.807) is 0 Å². The van der Waals surface area contributed by atoms with Crippen molar-refractivity contribution in [1.82, 2.24) is 15.2 Å². The molecule has 1 heterocycles. The molecule has 0 unspecified atom stereocenters. The number of rotatable bonds is 8. The van der Waals surface area contributed by atoms with E-state index in [2.05, 4.69) is 41.3 Å². The van der Waals surface area contributed by atoms with Crippen LogP contribution in [-0.4, -0.2) is 43.1 Å². The number of likely N-dealkylation sites (N-methyl/N-ethyl adjacent to an activating group) is 1. The van der Waals surface area contributed by atoms with Crippen molar-refractivity contribution in [3.8, 4) is 0 Å². The van der Waals surface area contributed by atoms with E-state index in [-0.39, 0.29) is 0 Å². The van der Waals surface area contributed by atoms with Crippen LogP contribution in [0.25, 0.3) is 0 Å². The smallest absolute Gasteiger partial charge is 0.0270 e. The molecule has 1 fully saturated rings. The molecule has 0 aromatic carbocycles. The standard InChI is InChI=1S/C18H31N3/c1-3-19-15-18(10-5-4-6-11-18)16-21(2)14-9-17-7-12-20-13-8-17/h7-8,12-13,19H,3-6,9-11,14-16H2,1-2H3. The fourth-order valence-corrected chi connectivity index (χ4v) is 3.60. The van der Waals surface area contributed by atoms with Crippen LogP contribution in [0.15, 0.2) is 24.5 Å². The lowest BCUT2D eigenvalue weighted by Gasteiger charge is -2.40. The zero-order valence-corrected chi connectivity index (χ0v) is 13.8. The van der Waals surface area contributed by atoms with E-state index in [1.807, 2.05) is 12.4 Å². The lowest BCUT2D eigenvalue weighted by atomic mass is 9.73. The molecule has 1 aromatic rings. The largest absolute Gasteiger partial charge is 0.316 e. The van der Waals surface area contributed by atoms with Crippen LogP contribution < -0.4 is 5.32 Å². The summed E-state index contributed by atoms with van der Waals surface area (Å²) in [6.45, 7) is 6.85. The van der Waals surface area contributed by atoms with Crippen LogP contribution in [0, 0.1) is 5.41 Å². The van der Waals surface area contributed by atoms with Gasteiger partial charge in [0.05, 0.1) is 0 Å². The lowest BCUT2D eigenvalue weighted by Crippen LogP contribution is -2.44. The van der Waals surface area contributed by atoms with Crippen LogP contribution in [0.5, 0.6) is 0 Å². The Hall–Kier alpha value is -0.930. The highest BCUT2D eigenvalue weighted by atomic mass is 15.1. The van der Waals surface area contributed by atoms with Gasteiger partial charge in [0.1, 0.15) is 0 Å². The second kappa shape index (κ2) is 8.50. The SMILES string of the molecule is CCNCC1(CN(C)CCc2ccncc2)CCCCC1. The summed E-state index contributed by atoms with van der Waals surface area (Å²) in [5.74, 6) is 0. The molecule has 1 aliphatic carbocycles. The minimum atomic E-state index is 0.501. The normalized spacial score (nSPS) is 18.0. The van der Waals surface area contributed by atoms with Gasteiger partial charge in [0.2, 0.25) is 0 Å². The maximum absolute atomic E-state index is 4.09. The Morgan fingerprint density at radius 3 is 2.57 bits per heavy atom. The van der Waals surface area contributed by atoms with Crippen LogP contribution in [0.3, 0.4) is 0 Å². The van der Waals surface area contributed by atoms with Gasteiger partial charge in [-0.15, -0.1) is 0 Å². The van der Waals surface area contributed by atoms with Crippen molar-refractivity contribution in [3.63, 3.8) is 0 Å². The van der Waals surface area contributed by atoms with Gasteiger partial charge < -0.3 is 10.2 Å². The van der Waals surface area contributed by atoms with Crippen LogP contribution in [0.2, 0.25) is 0 Å². The molecule has 0 radical (unpaired) electrons. The third kappa shape index (κ3) is 5.40. The second-order valence-corrected chi connectivity index (χ2v) is 6.68. The van der Waals surface area contributed by atoms with Crippen LogP contribution in [0.4, 0.5) is 0 Å². The number of pyridine rings is 1. The van der Waals surface area contributed by atoms with Crippen LogP contribution in [-0.2, 0) is 6.42 Å². The molecule has 0 atom stereocenters. The summed E-state index contributed by atoms with van der Waals surface area (Å²) in [5.41, 5.74) is 1.89. The van der Waals surface area contributed by atoms with Gasteiger partial charge in [-0.1, -0.05) is 26.2 Å². The fourth-order valence-electron chi connectivity index (χ4n) is 3.60. The molecule has 118 valence electrons. The first-order valence-electron chi connectivity index (χ1n) is 8.52. The van der Waals surface area contributed by atoms with Crippen LogP contribution in [0.1, 0.15) is 44.6 Å². The van der Waals surface area contributed by atoms with Gasteiger partial charge in [0.25, 0.3) is 0 Å². The van der Waals surface area contributed by atoms with Crippen molar-refractivity contribution in [1.29, 1.82) is 0 Å². The maximum Gasteiger partial charge on any atom is 0.0270 e. The Morgan fingerprint density at radius 1 is 1.19 bits per heavy atom. The first-order chi connectivity index (χ1) is 10.2. The Balaban J connectivity index is 1.84. The molecule has 1 aromatic heterocycles. The molecule has 2 rings (SSSR count). The van der Waals surface area contributed by atoms with Crippen molar-refractivity contribution >= 4 is 0 Å². The number of hydrogen-bond acceptors (Lipinski definition) is 3. The average Bonchev–Trinajstić information content (AvgIpc) is 2.53. The summed E-state index contributed by atoms with van der Waals surface area (Å²) in [6.07, 6.45) is 11.9. The van der Waals surface area contributed by atoms with Crippen molar-refractivity contribution in [2.75, 3.05) is 33.2 Å². The van der Waals surface area contributed by atoms with E-state index >= 15 is 0 Å². The predicted octanol–water partition coefficient (Wildman–Crippen LogP) is 3.12. The molecular weight excluding hydrogens is 258 g/mol. The minimum Gasteiger partial charge on any atom is -0.316 e. The molecule has 1 saturated carbocycles. The van der Waals surface area contributed by atoms with Crippen molar-refractivity contribution in [3.05, 3.63) is 30.1 Å². The van der Waals surface area contributed by atoms with Gasteiger partial charge in [-0.2, -0.15) is 0 Å². The topological polar surface area (TPSA) is 28.2 Å². The lowest BCUT2D eigenvalue weighted by molar-refractivity contribution is 0.119. The molecule has 0 spiro atoms. The summed E-state index contributed by atoms with van der Waals surface area (Å²) < 4.78 is 0. The number of nitrogens with zero attached hydrogens (tertiary/aromatic N) is 2. The molecule has 1 N–H and O–H groups in total. The van der Waals surface area contributed by atoms with E-state index in [4.69, 9.17) is 0 Å². The Bertz CT molecular complexity index is 385. The van der Waals surface area contributed by atoms with Crippen molar-refractivity contribution < 1.29 is 0 Å².